The van der Waals surface area contributed by atoms with Gasteiger partial charge in [0.15, 0.2) is 0 Å². The van der Waals surface area contributed by atoms with E-state index in [1.165, 1.54) is 0 Å². The quantitative estimate of drug-likeness (QED) is 0.880. The van der Waals surface area contributed by atoms with Crippen molar-refractivity contribution in [3.8, 4) is 0 Å². The van der Waals surface area contributed by atoms with Gasteiger partial charge in [0.1, 0.15) is 6.04 Å². The third kappa shape index (κ3) is 2.86. The first-order valence-electron chi connectivity index (χ1n) is 7.18. The molecule has 1 atom stereocenters. The van der Waals surface area contributed by atoms with Crippen LogP contribution in [0.25, 0.3) is 10.9 Å². The second kappa shape index (κ2) is 5.91. The molecule has 2 heterocycles. The standard InChI is InChI=1S/C16H17N3O2/c20-15(19-13-8-1-2-9-18-16(13)21)12-7-3-5-11-6-4-10-17-14(11)12/h3-7,10,13H,1-2,8-9H2,(H,18,21)(H,19,20). The highest BCUT2D eigenvalue weighted by Gasteiger charge is 2.23. The summed E-state index contributed by atoms with van der Waals surface area (Å²) < 4.78 is 0. The van der Waals surface area contributed by atoms with E-state index >= 15 is 0 Å². The number of para-hydroxylation sites is 1. The predicted octanol–water partition coefficient (Wildman–Crippen LogP) is 1.63. The van der Waals surface area contributed by atoms with Crippen molar-refractivity contribution in [2.75, 3.05) is 6.54 Å². The highest BCUT2D eigenvalue weighted by atomic mass is 16.2. The van der Waals surface area contributed by atoms with Crippen LogP contribution in [0.4, 0.5) is 0 Å². The first-order valence-corrected chi connectivity index (χ1v) is 7.18. The molecule has 2 aromatic rings. The first kappa shape index (κ1) is 13.5. The van der Waals surface area contributed by atoms with Gasteiger partial charge >= 0.3 is 0 Å². The molecule has 0 saturated carbocycles. The van der Waals surface area contributed by atoms with Crippen LogP contribution in [0.15, 0.2) is 36.5 Å². The number of benzene rings is 1. The minimum atomic E-state index is -0.459. The number of amides is 2. The molecule has 1 aromatic heterocycles. The summed E-state index contributed by atoms with van der Waals surface area (Å²) in [7, 11) is 0. The average Bonchev–Trinajstić information content (AvgIpc) is 2.71. The van der Waals surface area contributed by atoms with Gasteiger partial charge in [0, 0.05) is 18.1 Å². The number of fused-ring (bicyclic) bond motifs is 1. The fourth-order valence-electron chi connectivity index (χ4n) is 2.60. The molecule has 1 saturated heterocycles. The Morgan fingerprint density at radius 2 is 2.10 bits per heavy atom. The summed E-state index contributed by atoms with van der Waals surface area (Å²) in [6, 6.07) is 8.77. The van der Waals surface area contributed by atoms with Crippen molar-refractivity contribution in [2.24, 2.45) is 0 Å². The third-order valence-electron chi connectivity index (χ3n) is 3.72. The van der Waals surface area contributed by atoms with E-state index in [-0.39, 0.29) is 11.8 Å². The Bertz CT molecular complexity index is 679. The second-order valence-corrected chi connectivity index (χ2v) is 5.19. The zero-order valence-corrected chi connectivity index (χ0v) is 11.6. The number of carbonyl (C=O) groups is 2. The van der Waals surface area contributed by atoms with Crippen molar-refractivity contribution in [3.63, 3.8) is 0 Å². The molecule has 2 amide bonds. The first-order chi connectivity index (χ1) is 10.3. The van der Waals surface area contributed by atoms with Gasteiger partial charge in [-0.05, 0) is 31.4 Å². The molecular weight excluding hydrogens is 266 g/mol. The van der Waals surface area contributed by atoms with E-state index < -0.39 is 6.04 Å². The average molecular weight is 283 g/mol. The van der Waals surface area contributed by atoms with Gasteiger partial charge in [-0.15, -0.1) is 0 Å². The number of hydrogen-bond acceptors (Lipinski definition) is 3. The maximum atomic E-state index is 12.5. The highest BCUT2D eigenvalue weighted by molar-refractivity contribution is 6.06. The number of rotatable bonds is 2. The summed E-state index contributed by atoms with van der Waals surface area (Å²) in [5, 5.41) is 6.56. The number of carbonyl (C=O) groups excluding carboxylic acids is 2. The van der Waals surface area contributed by atoms with Gasteiger partial charge in [-0.1, -0.05) is 18.2 Å². The number of aromatic nitrogens is 1. The molecule has 108 valence electrons. The van der Waals surface area contributed by atoms with E-state index in [9.17, 15) is 9.59 Å². The van der Waals surface area contributed by atoms with E-state index in [2.05, 4.69) is 15.6 Å². The molecule has 21 heavy (non-hydrogen) atoms. The Labute approximate surface area is 122 Å². The summed E-state index contributed by atoms with van der Waals surface area (Å²) >= 11 is 0. The van der Waals surface area contributed by atoms with Gasteiger partial charge in [-0.2, -0.15) is 0 Å². The predicted molar refractivity (Wildman–Crippen MR) is 79.9 cm³/mol. The van der Waals surface area contributed by atoms with Crippen LogP contribution in [0.5, 0.6) is 0 Å². The van der Waals surface area contributed by atoms with E-state index in [0.717, 1.165) is 18.2 Å². The van der Waals surface area contributed by atoms with Crippen LogP contribution in [-0.2, 0) is 4.79 Å². The van der Waals surface area contributed by atoms with Gasteiger partial charge in [0.2, 0.25) is 5.91 Å². The second-order valence-electron chi connectivity index (χ2n) is 5.19. The molecule has 1 unspecified atom stereocenters. The fraction of sp³-hybridized carbons (Fsp3) is 0.312. The summed E-state index contributed by atoms with van der Waals surface area (Å²) in [6.07, 6.45) is 4.22. The van der Waals surface area contributed by atoms with Gasteiger partial charge in [0.25, 0.3) is 5.91 Å². The van der Waals surface area contributed by atoms with Crippen LogP contribution < -0.4 is 10.6 Å². The summed E-state index contributed by atoms with van der Waals surface area (Å²) in [4.78, 5) is 28.6. The van der Waals surface area contributed by atoms with Gasteiger partial charge in [-0.25, -0.2) is 0 Å². The Hall–Kier alpha value is -2.43. The summed E-state index contributed by atoms with van der Waals surface area (Å²) in [5.74, 6) is -0.351. The maximum Gasteiger partial charge on any atom is 0.254 e. The Balaban J connectivity index is 1.85. The number of hydrogen-bond donors (Lipinski definition) is 2. The molecule has 0 aliphatic carbocycles. The van der Waals surface area contributed by atoms with Crippen LogP contribution in [0.3, 0.4) is 0 Å². The number of pyridine rings is 1. The van der Waals surface area contributed by atoms with Crippen LogP contribution in [0.1, 0.15) is 29.6 Å². The van der Waals surface area contributed by atoms with Crippen LogP contribution in [-0.4, -0.2) is 29.4 Å². The maximum absolute atomic E-state index is 12.5. The molecule has 0 bridgehead atoms. The largest absolute Gasteiger partial charge is 0.354 e. The topological polar surface area (TPSA) is 71.1 Å². The van der Waals surface area contributed by atoms with E-state index in [1.807, 2.05) is 24.3 Å². The van der Waals surface area contributed by atoms with Gasteiger partial charge in [0.05, 0.1) is 11.1 Å². The SMILES string of the molecule is O=C(NC1CCCCNC1=O)c1cccc2cccnc12. The molecular formula is C16H17N3O2. The molecule has 1 aromatic carbocycles. The lowest BCUT2D eigenvalue weighted by Crippen LogP contribution is -2.45. The summed E-state index contributed by atoms with van der Waals surface area (Å²) in [6.45, 7) is 0.682. The van der Waals surface area contributed by atoms with Crippen molar-refractivity contribution >= 4 is 22.7 Å². The van der Waals surface area contributed by atoms with E-state index in [0.29, 0.717) is 24.0 Å². The lowest BCUT2D eigenvalue weighted by Gasteiger charge is -2.15. The molecule has 5 nitrogen and oxygen atoms in total. The third-order valence-corrected chi connectivity index (χ3v) is 3.72. The zero-order chi connectivity index (χ0) is 14.7. The van der Waals surface area contributed by atoms with Crippen LogP contribution in [0.2, 0.25) is 0 Å². The van der Waals surface area contributed by atoms with Gasteiger partial charge < -0.3 is 10.6 Å². The molecule has 3 rings (SSSR count). The Kier molecular flexibility index (Phi) is 3.81. The van der Waals surface area contributed by atoms with Crippen LogP contribution in [0, 0.1) is 0 Å². The van der Waals surface area contributed by atoms with E-state index in [1.54, 1.807) is 12.3 Å². The molecule has 0 spiro atoms. The molecule has 2 N–H and O–H groups in total. The fourth-order valence-corrected chi connectivity index (χ4v) is 2.60. The summed E-state index contributed by atoms with van der Waals surface area (Å²) in [5.41, 5.74) is 1.16. The van der Waals surface area contributed by atoms with Crippen molar-refractivity contribution in [2.45, 2.75) is 25.3 Å². The molecule has 1 fully saturated rings. The molecule has 5 heteroatoms. The van der Waals surface area contributed by atoms with Gasteiger partial charge in [-0.3, -0.25) is 14.6 Å². The number of nitrogens with zero attached hydrogens (tertiary/aromatic N) is 1. The van der Waals surface area contributed by atoms with Crippen molar-refractivity contribution in [1.29, 1.82) is 0 Å². The van der Waals surface area contributed by atoms with Crippen molar-refractivity contribution < 1.29 is 9.59 Å². The molecule has 0 radical (unpaired) electrons. The minimum Gasteiger partial charge on any atom is -0.354 e. The van der Waals surface area contributed by atoms with E-state index in [4.69, 9.17) is 0 Å². The minimum absolute atomic E-state index is 0.103. The Morgan fingerprint density at radius 1 is 1.24 bits per heavy atom. The molecule has 1 aliphatic heterocycles. The zero-order valence-electron chi connectivity index (χ0n) is 11.6. The lowest BCUT2D eigenvalue weighted by molar-refractivity contribution is -0.122. The van der Waals surface area contributed by atoms with Crippen molar-refractivity contribution in [1.82, 2.24) is 15.6 Å². The normalized spacial score (nSPS) is 18.9. The lowest BCUT2D eigenvalue weighted by atomic mass is 10.1. The van der Waals surface area contributed by atoms with Crippen molar-refractivity contribution in [3.05, 3.63) is 42.1 Å². The molecule has 1 aliphatic rings. The smallest absolute Gasteiger partial charge is 0.254 e. The monoisotopic (exact) mass is 283 g/mol. The highest BCUT2D eigenvalue weighted by Crippen LogP contribution is 2.16. The Morgan fingerprint density at radius 3 is 3.00 bits per heavy atom. The number of nitrogens with one attached hydrogen (secondary N) is 2. The van der Waals surface area contributed by atoms with Crippen LogP contribution >= 0.6 is 0 Å².